The van der Waals surface area contributed by atoms with E-state index in [9.17, 15) is 8.42 Å². The van der Waals surface area contributed by atoms with Crippen LogP contribution in [-0.4, -0.2) is 18.2 Å². The molecule has 0 aliphatic rings. The van der Waals surface area contributed by atoms with Crippen LogP contribution in [0.3, 0.4) is 0 Å². The van der Waals surface area contributed by atoms with Gasteiger partial charge in [-0.15, -0.1) is 0 Å². The highest BCUT2D eigenvalue weighted by atomic mass is 32.2. The third-order valence-electron chi connectivity index (χ3n) is 3.16. The lowest BCUT2D eigenvalue weighted by molar-refractivity contribution is 0.598. The van der Waals surface area contributed by atoms with E-state index in [2.05, 4.69) is 10.4 Å². The molecule has 1 aromatic carbocycles. The second-order valence-electron chi connectivity index (χ2n) is 4.53. The number of nitrogens with zero attached hydrogens (tertiary/aromatic N) is 2. The van der Waals surface area contributed by atoms with E-state index in [1.54, 1.807) is 10.9 Å². The summed E-state index contributed by atoms with van der Waals surface area (Å²) >= 11 is 0. The van der Waals surface area contributed by atoms with Gasteiger partial charge in [0.25, 0.3) is 0 Å². The van der Waals surface area contributed by atoms with Gasteiger partial charge in [0.1, 0.15) is 0 Å². The van der Waals surface area contributed by atoms with Gasteiger partial charge in [-0.3, -0.25) is 4.68 Å². The summed E-state index contributed by atoms with van der Waals surface area (Å²) < 4.78 is 24.4. The molecule has 1 aromatic heterocycles. The van der Waals surface area contributed by atoms with Gasteiger partial charge >= 0.3 is 0 Å². The Labute approximate surface area is 117 Å². The summed E-state index contributed by atoms with van der Waals surface area (Å²) in [5.74, 6) is 0. The van der Waals surface area contributed by atoms with Gasteiger partial charge in [0.15, 0.2) is 0 Å². The molecule has 0 unspecified atom stereocenters. The van der Waals surface area contributed by atoms with Gasteiger partial charge in [-0.2, -0.15) is 5.10 Å². The number of anilines is 2. The molecular formula is C12H17N5O2S. The maximum atomic E-state index is 11.3. The van der Waals surface area contributed by atoms with Crippen LogP contribution in [0.2, 0.25) is 0 Å². The number of hydrogen-bond donors (Lipinski definition) is 3. The highest BCUT2D eigenvalue weighted by Crippen LogP contribution is 2.23. The van der Waals surface area contributed by atoms with Crippen molar-refractivity contribution in [3.63, 3.8) is 0 Å². The number of hydrogen-bond acceptors (Lipinski definition) is 5. The summed E-state index contributed by atoms with van der Waals surface area (Å²) in [5, 5.41) is 12.3. The Morgan fingerprint density at radius 2 is 2.10 bits per heavy atom. The molecule has 8 heteroatoms. The van der Waals surface area contributed by atoms with Crippen molar-refractivity contribution in [3.8, 4) is 0 Å². The Balaban J connectivity index is 2.23. The Kier molecular flexibility index (Phi) is 3.69. The van der Waals surface area contributed by atoms with E-state index in [1.165, 1.54) is 18.2 Å². The lowest BCUT2D eigenvalue weighted by Gasteiger charge is -2.10. The summed E-state index contributed by atoms with van der Waals surface area (Å²) in [6.45, 7) is 2.45. The second kappa shape index (κ2) is 5.14. The van der Waals surface area contributed by atoms with Crippen molar-refractivity contribution in [2.45, 2.75) is 18.4 Å². The molecule has 20 heavy (non-hydrogen) atoms. The van der Waals surface area contributed by atoms with Crippen LogP contribution < -0.4 is 16.2 Å². The van der Waals surface area contributed by atoms with E-state index in [-0.39, 0.29) is 4.90 Å². The first-order valence-corrected chi connectivity index (χ1v) is 7.47. The van der Waals surface area contributed by atoms with Crippen molar-refractivity contribution in [2.75, 3.05) is 11.1 Å². The molecule has 0 spiro atoms. The second-order valence-corrected chi connectivity index (χ2v) is 6.09. The third kappa shape index (κ3) is 2.91. The number of benzene rings is 1. The van der Waals surface area contributed by atoms with Crippen molar-refractivity contribution in [1.82, 2.24) is 9.78 Å². The van der Waals surface area contributed by atoms with Gasteiger partial charge in [-0.1, -0.05) is 0 Å². The maximum absolute atomic E-state index is 11.3. The zero-order valence-corrected chi connectivity index (χ0v) is 12.1. The first kappa shape index (κ1) is 14.4. The number of sulfonamides is 1. The minimum atomic E-state index is -3.74. The molecule has 7 nitrogen and oxygen atoms in total. The van der Waals surface area contributed by atoms with E-state index >= 15 is 0 Å². The van der Waals surface area contributed by atoms with Gasteiger partial charge in [-0.25, -0.2) is 13.6 Å². The van der Waals surface area contributed by atoms with Crippen LogP contribution >= 0.6 is 0 Å². The summed E-state index contributed by atoms with van der Waals surface area (Å²) in [7, 11) is -1.89. The monoisotopic (exact) mass is 295 g/mol. The van der Waals surface area contributed by atoms with Gasteiger partial charge in [0.05, 0.1) is 22.5 Å². The summed E-state index contributed by atoms with van der Waals surface area (Å²) in [6, 6.07) is 4.32. The molecule has 0 aliphatic carbocycles. The largest absolute Gasteiger partial charge is 0.397 e. The van der Waals surface area contributed by atoms with Gasteiger partial charge in [0.2, 0.25) is 10.0 Å². The number of rotatable bonds is 4. The van der Waals surface area contributed by atoms with Crippen LogP contribution in [0.5, 0.6) is 0 Å². The molecule has 0 aliphatic heterocycles. The standard InChI is InChI=1S/C12H17N5O2S/c1-8-9(7-16-17(8)2)6-15-12-5-10(20(14,18)19)3-4-11(12)13/h3-5,7,15H,6,13H2,1-2H3,(H2,14,18,19). The molecule has 0 saturated carbocycles. The molecule has 2 aromatic rings. The third-order valence-corrected chi connectivity index (χ3v) is 4.07. The Morgan fingerprint density at radius 1 is 1.40 bits per heavy atom. The van der Waals surface area contributed by atoms with E-state index < -0.39 is 10.0 Å². The van der Waals surface area contributed by atoms with Crippen LogP contribution in [-0.2, 0) is 23.6 Å². The van der Waals surface area contributed by atoms with E-state index in [0.29, 0.717) is 17.9 Å². The van der Waals surface area contributed by atoms with Crippen LogP contribution in [0.25, 0.3) is 0 Å². The summed E-state index contributed by atoms with van der Waals surface area (Å²) in [5.41, 5.74) is 8.84. The van der Waals surface area contributed by atoms with E-state index in [4.69, 9.17) is 10.9 Å². The van der Waals surface area contributed by atoms with E-state index in [1.807, 2.05) is 14.0 Å². The lowest BCUT2D eigenvalue weighted by Crippen LogP contribution is -2.13. The van der Waals surface area contributed by atoms with Crippen molar-refractivity contribution in [1.29, 1.82) is 0 Å². The fourth-order valence-electron chi connectivity index (χ4n) is 1.77. The molecule has 0 bridgehead atoms. The fraction of sp³-hybridized carbons (Fsp3) is 0.250. The van der Waals surface area contributed by atoms with Crippen molar-refractivity contribution in [2.24, 2.45) is 12.2 Å². The topological polar surface area (TPSA) is 116 Å². The van der Waals surface area contributed by atoms with Crippen molar-refractivity contribution < 1.29 is 8.42 Å². The number of nitrogens with one attached hydrogen (secondary N) is 1. The molecule has 0 radical (unpaired) electrons. The predicted molar refractivity (Wildman–Crippen MR) is 77.5 cm³/mol. The average Bonchev–Trinajstić information content (AvgIpc) is 2.68. The summed E-state index contributed by atoms with van der Waals surface area (Å²) in [6.07, 6.45) is 1.75. The molecule has 2 rings (SSSR count). The first-order chi connectivity index (χ1) is 9.29. The number of aromatic nitrogens is 2. The molecule has 108 valence electrons. The number of primary sulfonamides is 1. The average molecular weight is 295 g/mol. The highest BCUT2D eigenvalue weighted by Gasteiger charge is 2.11. The molecule has 5 N–H and O–H groups in total. The molecule has 0 amide bonds. The molecule has 0 fully saturated rings. The van der Waals surface area contributed by atoms with Crippen molar-refractivity contribution in [3.05, 3.63) is 35.7 Å². The Hall–Kier alpha value is -2.06. The molecule has 1 heterocycles. The number of aryl methyl sites for hydroxylation is 1. The SMILES string of the molecule is Cc1c(CNc2cc(S(N)(=O)=O)ccc2N)cnn1C. The zero-order valence-electron chi connectivity index (χ0n) is 11.3. The maximum Gasteiger partial charge on any atom is 0.238 e. The predicted octanol–water partition coefficient (Wildman–Crippen LogP) is 0.570. The zero-order chi connectivity index (χ0) is 14.9. The Bertz CT molecular complexity index is 736. The first-order valence-electron chi connectivity index (χ1n) is 5.92. The lowest BCUT2D eigenvalue weighted by atomic mass is 10.2. The quantitative estimate of drug-likeness (QED) is 0.713. The van der Waals surface area contributed by atoms with Crippen LogP contribution in [0, 0.1) is 6.92 Å². The van der Waals surface area contributed by atoms with Gasteiger partial charge in [0, 0.05) is 24.8 Å². The van der Waals surface area contributed by atoms with Crippen LogP contribution in [0.4, 0.5) is 11.4 Å². The normalized spacial score (nSPS) is 11.6. The molecule has 0 saturated heterocycles. The van der Waals surface area contributed by atoms with Gasteiger partial charge < -0.3 is 11.1 Å². The van der Waals surface area contributed by atoms with Crippen LogP contribution in [0.1, 0.15) is 11.3 Å². The molecular weight excluding hydrogens is 278 g/mol. The highest BCUT2D eigenvalue weighted by molar-refractivity contribution is 7.89. The van der Waals surface area contributed by atoms with Crippen molar-refractivity contribution >= 4 is 21.4 Å². The molecule has 0 atom stereocenters. The number of nitrogens with two attached hydrogens (primary N) is 2. The van der Waals surface area contributed by atoms with Crippen LogP contribution in [0.15, 0.2) is 29.3 Å². The summed E-state index contributed by atoms with van der Waals surface area (Å²) in [4.78, 5) is 0.0251. The number of nitrogen functional groups attached to an aromatic ring is 1. The minimum Gasteiger partial charge on any atom is -0.397 e. The van der Waals surface area contributed by atoms with E-state index in [0.717, 1.165) is 11.3 Å². The Morgan fingerprint density at radius 3 is 2.65 bits per heavy atom. The fourth-order valence-corrected chi connectivity index (χ4v) is 2.31. The minimum absolute atomic E-state index is 0.0251. The smallest absolute Gasteiger partial charge is 0.238 e. The van der Waals surface area contributed by atoms with Gasteiger partial charge in [-0.05, 0) is 25.1 Å².